The Bertz CT molecular complexity index is 453. The van der Waals surface area contributed by atoms with Gasteiger partial charge in [0.2, 0.25) is 0 Å². The average molecular weight is 305 g/mol. The molecular weight excluding hydrogens is 277 g/mol. The molecule has 0 spiro atoms. The second-order valence-corrected chi connectivity index (χ2v) is 7.10. The quantitative estimate of drug-likeness (QED) is 0.836. The van der Waals surface area contributed by atoms with Gasteiger partial charge in [0, 0.05) is 13.2 Å². The molecule has 1 aromatic carbocycles. The Hall–Kier alpha value is -0.930. The van der Waals surface area contributed by atoms with Crippen LogP contribution in [0.2, 0.25) is 0 Å². The van der Waals surface area contributed by atoms with E-state index in [4.69, 9.17) is 4.74 Å². The number of benzene rings is 1. The predicted molar refractivity (Wildman–Crippen MR) is 87.4 cm³/mol. The number of likely N-dealkylation sites (tertiary alicyclic amines) is 1. The molecule has 0 saturated carbocycles. The summed E-state index contributed by atoms with van der Waals surface area (Å²) < 4.78 is 18.9. The Morgan fingerprint density at radius 1 is 1.14 bits per heavy atom. The molecule has 2 atom stereocenters. The summed E-state index contributed by atoms with van der Waals surface area (Å²) in [7, 11) is 0. The monoisotopic (exact) mass is 305 g/mol. The van der Waals surface area contributed by atoms with Crippen LogP contribution in [0.5, 0.6) is 0 Å². The fourth-order valence-corrected chi connectivity index (χ4v) is 3.80. The van der Waals surface area contributed by atoms with Crippen molar-refractivity contribution in [3.63, 3.8) is 0 Å². The standard InChI is InChI=1S/C19H28FNO/c1-15-3-2-12-22-19(15)14-21-10-8-17(9-11-21)13-16-4-6-18(20)7-5-16/h4-7,15,17,19H,2-3,8-14H2,1H3. The summed E-state index contributed by atoms with van der Waals surface area (Å²) in [5, 5.41) is 0. The highest BCUT2D eigenvalue weighted by Gasteiger charge is 2.27. The minimum Gasteiger partial charge on any atom is -0.377 e. The second-order valence-electron chi connectivity index (χ2n) is 7.10. The van der Waals surface area contributed by atoms with Crippen molar-refractivity contribution in [3.05, 3.63) is 35.6 Å². The van der Waals surface area contributed by atoms with Crippen molar-refractivity contribution < 1.29 is 9.13 Å². The minimum atomic E-state index is -0.139. The number of piperidine rings is 1. The molecule has 0 radical (unpaired) electrons. The topological polar surface area (TPSA) is 12.5 Å². The molecule has 1 aromatic rings. The van der Waals surface area contributed by atoms with Gasteiger partial charge in [0.05, 0.1) is 6.10 Å². The highest BCUT2D eigenvalue weighted by molar-refractivity contribution is 5.16. The van der Waals surface area contributed by atoms with E-state index in [9.17, 15) is 4.39 Å². The van der Waals surface area contributed by atoms with Crippen LogP contribution in [-0.2, 0) is 11.2 Å². The first kappa shape index (κ1) is 15.9. The molecule has 0 N–H and O–H groups in total. The molecule has 122 valence electrons. The van der Waals surface area contributed by atoms with E-state index >= 15 is 0 Å². The molecule has 3 rings (SSSR count). The lowest BCUT2D eigenvalue weighted by Crippen LogP contribution is -2.43. The van der Waals surface area contributed by atoms with Crippen LogP contribution in [0.25, 0.3) is 0 Å². The molecule has 22 heavy (non-hydrogen) atoms. The fourth-order valence-electron chi connectivity index (χ4n) is 3.80. The Labute approximate surface area is 133 Å². The lowest BCUT2D eigenvalue weighted by Gasteiger charge is -2.37. The van der Waals surface area contributed by atoms with Gasteiger partial charge >= 0.3 is 0 Å². The van der Waals surface area contributed by atoms with E-state index in [1.54, 1.807) is 12.1 Å². The molecule has 0 aliphatic carbocycles. The third-order valence-electron chi connectivity index (χ3n) is 5.35. The first-order valence-electron chi connectivity index (χ1n) is 8.79. The predicted octanol–water partition coefficient (Wildman–Crippen LogP) is 3.90. The van der Waals surface area contributed by atoms with Gasteiger partial charge in [0.1, 0.15) is 5.82 Å². The van der Waals surface area contributed by atoms with Gasteiger partial charge in [-0.3, -0.25) is 0 Å². The normalized spacial score (nSPS) is 27.9. The van der Waals surface area contributed by atoms with Gasteiger partial charge in [-0.05, 0) is 74.7 Å². The molecule has 2 saturated heterocycles. The number of ether oxygens (including phenoxy) is 1. The average Bonchev–Trinajstić information content (AvgIpc) is 2.54. The molecule has 0 aromatic heterocycles. The van der Waals surface area contributed by atoms with Gasteiger partial charge in [0.25, 0.3) is 0 Å². The lowest BCUT2D eigenvalue weighted by molar-refractivity contribution is -0.0426. The molecule has 2 unspecified atom stereocenters. The fraction of sp³-hybridized carbons (Fsp3) is 0.684. The van der Waals surface area contributed by atoms with Gasteiger partial charge in [-0.2, -0.15) is 0 Å². The highest BCUT2D eigenvalue weighted by Crippen LogP contribution is 2.25. The van der Waals surface area contributed by atoms with Crippen molar-refractivity contribution >= 4 is 0 Å². The summed E-state index contributed by atoms with van der Waals surface area (Å²) in [6.45, 7) is 6.72. The minimum absolute atomic E-state index is 0.139. The van der Waals surface area contributed by atoms with Crippen LogP contribution in [0.3, 0.4) is 0 Å². The van der Waals surface area contributed by atoms with E-state index in [1.807, 2.05) is 12.1 Å². The molecule has 0 bridgehead atoms. The molecule has 2 aliphatic heterocycles. The van der Waals surface area contributed by atoms with E-state index < -0.39 is 0 Å². The van der Waals surface area contributed by atoms with Crippen LogP contribution < -0.4 is 0 Å². The van der Waals surface area contributed by atoms with Gasteiger partial charge in [-0.25, -0.2) is 4.39 Å². The van der Waals surface area contributed by atoms with E-state index in [0.717, 1.165) is 25.5 Å². The third kappa shape index (κ3) is 4.30. The van der Waals surface area contributed by atoms with Gasteiger partial charge in [-0.15, -0.1) is 0 Å². The van der Waals surface area contributed by atoms with Crippen LogP contribution in [-0.4, -0.2) is 37.2 Å². The van der Waals surface area contributed by atoms with E-state index in [0.29, 0.717) is 12.0 Å². The van der Waals surface area contributed by atoms with Crippen molar-refractivity contribution in [2.45, 2.75) is 45.1 Å². The first-order chi connectivity index (χ1) is 10.7. The number of rotatable bonds is 4. The Balaban J connectivity index is 1.43. The van der Waals surface area contributed by atoms with Gasteiger partial charge < -0.3 is 9.64 Å². The largest absolute Gasteiger partial charge is 0.377 e. The Morgan fingerprint density at radius 2 is 1.86 bits per heavy atom. The lowest BCUT2D eigenvalue weighted by atomic mass is 9.89. The van der Waals surface area contributed by atoms with Crippen molar-refractivity contribution in [2.75, 3.05) is 26.2 Å². The zero-order chi connectivity index (χ0) is 15.4. The van der Waals surface area contributed by atoms with Gasteiger partial charge in [0.15, 0.2) is 0 Å². The molecular formula is C19H28FNO. The summed E-state index contributed by atoms with van der Waals surface area (Å²) in [5.41, 5.74) is 1.27. The van der Waals surface area contributed by atoms with Crippen LogP contribution in [0.15, 0.2) is 24.3 Å². The van der Waals surface area contributed by atoms with Crippen LogP contribution in [0.4, 0.5) is 4.39 Å². The zero-order valence-electron chi connectivity index (χ0n) is 13.6. The van der Waals surface area contributed by atoms with E-state index in [1.165, 1.54) is 44.3 Å². The van der Waals surface area contributed by atoms with Crippen LogP contribution >= 0.6 is 0 Å². The Kier molecular flexibility index (Phi) is 5.48. The number of nitrogens with zero attached hydrogens (tertiary/aromatic N) is 1. The maximum atomic E-state index is 13.0. The first-order valence-corrected chi connectivity index (χ1v) is 8.79. The summed E-state index contributed by atoms with van der Waals surface area (Å²) in [6.07, 6.45) is 6.55. The van der Waals surface area contributed by atoms with Crippen molar-refractivity contribution in [3.8, 4) is 0 Å². The molecule has 2 heterocycles. The summed E-state index contributed by atoms with van der Waals surface area (Å²) >= 11 is 0. The summed E-state index contributed by atoms with van der Waals surface area (Å²) in [4.78, 5) is 2.58. The zero-order valence-corrected chi connectivity index (χ0v) is 13.6. The van der Waals surface area contributed by atoms with Crippen LogP contribution in [0, 0.1) is 17.7 Å². The highest BCUT2D eigenvalue weighted by atomic mass is 19.1. The Morgan fingerprint density at radius 3 is 2.55 bits per heavy atom. The van der Waals surface area contributed by atoms with Crippen molar-refractivity contribution in [1.82, 2.24) is 4.90 Å². The summed E-state index contributed by atoms with van der Waals surface area (Å²) in [5.74, 6) is 1.30. The van der Waals surface area contributed by atoms with Crippen LogP contribution in [0.1, 0.15) is 38.2 Å². The molecule has 2 fully saturated rings. The van der Waals surface area contributed by atoms with Gasteiger partial charge in [-0.1, -0.05) is 19.1 Å². The maximum Gasteiger partial charge on any atom is 0.123 e. The molecule has 2 aliphatic rings. The second kappa shape index (κ2) is 7.56. The van der Waals surface area contributed by atoms with E-state index in [2.05, 4.69) is 11.8 Å². The summed E-state index contributed by atoms with van der Waals surface area (Å²) in [6, 6.07) is 7.01. The third-order valence-corrected chi connectivity index (χ3v) is 5.35. The number of halogens is 1. The molecule has 3 heteroatoms. The maximum absolute atomic E-state index is 13.0. The van der Waals surface area contributed by atoms with Crippen molar-refractivity contribution in [2.24, 2.45) is 11.8 Å². The number of hydrogen-bond acceptors (Lipinski definition) is 2. The van der Waals surface area contributed by atoms with E-state index in [-0.39, 0.29) is 5.82 Å². The SMILES string of the molecule is CC1CCCOC1CN1CCC(Cc2ccc(F)cc2)CC1. The van der Waals surface area contributed by atoms with Crippen molar-refractivity contribution in [1.29, 1.82) is 0 Å². The molecule has 2 nitrogen and oxygen atoms in total. The number of hydrogen-bond donors (Lipinski definition) is 0. The molecule has 0 amide bonds. The smallest absolute Gasteiger partial charge is 0.123 e.